The normalized spacial score (nSPS) is 12.9. The van der Waals surface area contributed by atoms with E-state index in [9.17, 15) is 5.11 Å². The summed E-state index contributed by atoms with van der Waals surface area (Å²) in [7, 11) is 0. The summed E-state index contributed by atoms with van der Waals surface area (Å²) in [6.45, 7) is 6.83. The molecular formula is C26H38O4. The van der Waals surface area contributed by atoms with E-state index in [1.165, 1.54) is 12.0 Å². The zero-order chi connectivity index (χ0) is 22.0. The van der Waals surface area contributed by atoms with Crippen LogP contribution in [0.2, 0.25) is 0 Å². The molecule has 0 aliphatic carbocycles. The molecule has 2 aromatic rings. The Bertz CT molecular complexity index is 735. The van der Waals surface area contributed by atoms with E-state index >= 15 is 0 Å². The summed E-state index contributed by atoms with van der Waals surface area (Å²) in [4.78, 5) is 0. The van der Waals surface area contributed by atoms with Gasteiger partial charge in [-0.25, -0.2) is 0 Å². The van der Waals surface area contributed by atoms with E-state index in [4.69, 9.17) is 14.9 Å². The first-order valence-electron chi connectivity index (χ1n) is 11.3. The Morgan fingerprint density at radius 1 is 0.900 bits per heavy atom. The van der Waals surface area contributed by atoms with E-state index in [1.807, 2.05) is 24.3 Å². The highest BCUT2D eigenvalue weighted by atomic mass is 16.5. The van der Waals surface area contributed by atoms with E-state index < -0.39 is 11.9 Å². The molecule has 0 fully saturated rings. The molecule has 2 aromatic carbocycles. The fourth-order valence-electron chi connectivity index (χ4n) is 3.72. The van der Waals surface area contributed by atoms with Crippen molar-refractivity contribution in [2.45, 2.75) is 90.1 Å². The third-order valence-electron chi connectivity index (χ3n) is 6.21. The molecule has 0 aliphatic heterocycles. The quantitative estimate of drug-likeness (QED) is 0.284. The number of hydrogen-bond acceptors (Lipinski definition) is 4. The van der Waals surface area contributed by atoms with Gasteiger partial charge in [-0.1, -0.05) is 76.4 Å². The van der Waals surface area contributed by atoms with Gasteiger partial charge in [-0.2, -0.15) is 0 Å². The predicted molar refractivity (Wildman–Crippen MR) is 121 cm³/mol. The molecule has 0 amide bonds. The molecule has 166 valence electrons. The first-order chi connectivity index (χ1) is 14.4. The summed E-state index contributed by atoms with van der Waals surface area (Å²) in [5.41, 5.74) is 2.26. The topological polar surface area (TPSA) is 69.9 Å². The van der Waals surface area contributed by atoms with Crippen LogP contribution in [0.25, 0.3) is 0 Å². The van der Waals surface area contributed by atoms with Crippen molar-refractivity contribution in [1.29, 1.82) is 0 Å². The fourth-order valence-corrected chi connectivity index (χ4v) is 3.72. The molecule has 0 heterocycles. The number of aliphatic hydroxyl groups is 3. The van der Waals surface area contributed by atoms with Crippen LogP contribution >= 0.6 is 0 Å². The number of aliphatic hydroxyl groups excluding tert-OH is 1. The highest BCUT2D eigenvalue weighted by molar-refractivity contribution is 5.31. The van der Waals surface area contributed by atoms with Crippen molar-refractivity contribution < 1.29 is 20.1 Å². The van der Waals surface area contributed by atoms with Crippen LogP contribution in [0, 0.1) is 0 Å². The summed E-state index contributed by atoms with van der Waals surface area (Å²) >= 11 is 0. The van der Waals surface area contributed by atoms with Gasteiger partial charge < -0.3 is 20.1 Å². The molecule has 0 spiro atoms. The van der Waals surface area contributed by atoms with Gasteiger partial charge in [-0.3, -0.25) is 0 Å². The maximum atomic E-state index is 10.4. The van der Waals surface area contributed by atoms with Crippen molar-refractivity contribution in [2.24, 2.45) is 0 Å². The first-order valence-corrected chi connectivity index (χ1v) is 11.3. The molecule has 1 atom stereocenters. The van der Waals surface area contributed by atoms with Crippen LogP contribution < -0.4 is 4.74 Å². The Morgan fingerprint density at radius 2 is 1.60 bits per heavy atom. The van der Waals surface area contributed by atoms with Crippen LogP contribution in [0.15, 0.2) is 48.5 Å². The molecule has 3 N–H and O–H groups in total. The fraction of sp³-hybridized carbons (Fsp3) is 0.538. The summed E-state index contributed by atoms with van der Waals surface area (Å²) < 4.78 is 5.94. The molecule has 1 unspecified atom stereocenters. The van der Waals surface area contributed by atoms with Crippen molar-refractivity contribution in [1.82, 2.24) is 0 Å². The minimum Gasteiger partial charge on any atom is -0.489 e. The molecule has 0 aliphatic rings. The van der Waals surface area contributed by atoms with E-state index in [-0.39, 0.29) is 0 Å². The van der Waals surface area contributed by atoms with Crippen molar-refractivity contribution >= 4 is 0 Å². The number of benzene rings is 2. The highest BCUT2D eigenvalue weighted by Crippen LogP contribution is 2.27. The largest absolute Gasteiger partial charge is 0.489 e. The maximum absolute atomic E-state index is 10.4. The average molecular weight is 415 g/mol. The zero-order valence-corrected chi connectivity index (χ0v) is 18.7. The standard InChI is InChI=1S/C26H38O4/c1-4-26(29,5-2)17-8-6-7-10-20(3)23-11-9-12-24(18-23)30-19-21-13-15-22(16-14-21)25(27)28/h9,11-16,18,20,25,27-29H,4-8,10,17,19H2,1-3H3. The average Bonchev–Trinajstić information content (AvgIpc) is 2.77. The summed E-state index contributed by atoms with van der Waals surface area (Å²) in [6, 6.07) is 15.4. The molecule has 2 rings (SSSR count). The van der Waals surface area contributed by atoms with Crippen molar-refractivity contribution in [2.75, 3.05) is 0 Å². The zero-order valence-electron chi connectivity index (χ0n) is 18.7. The second-order valence-corrected chi connectivity index (χ2v) is 8.41. The van der Waals surface area contributed by atoms with Gasteiger partial charge in [0, 0.05) is 5.56 Å². The second kappa shape index (κ2) is 12.1. The van der Waals surface area contributed by atoms with E-state index in [2.05, 4.69) is 32.9 Å². The monoisotopic (exact) mass is 414 g/mol. The third kappa shape index (κ3) is 7.75. The summed E-state index contributed by atoms with van der Waals surface area (Å²) in [5.74, 6) is 1.32. The van der Waals surface area contributed by atoms with Gasteiger partial charge in [0.2, 0.25) is 0 Å². The lowest BCUT2D eigenvalue weighted by atomic mass is 9.89. The lowest BCUT2D eigenvalue weighted by Gasteiger charge is -2.25. The Kier molecular flexibility index (Phi) is 9.83. The molecule has 4 heteroatoms. The number of rotatable bonds is 13. The first kappa shape index (κ1) is 24.4. The van der Waals surface area contributed by atoms with E-state index in [1.54, 1.807) is 12.1 Å². The van der Waals surface area contributed by atoms with Gasteiger partial charge in [0.1, 0.15) is 12.4 Å². The van der Waals surface area contributed by atoms with Crippen molar-refractivity contribution in [3.8, 4) is 5.75 Å². The predicted octanol–water partition coefficient (Wildman–Crippen LogP) is 5.85. The molecule has 0 radical (unpaired) electrons. The highest BCUT2D eigenvalue weighted by Gasteiger charge is 2.20. The Morgan fingerprint density at radius 3 is 2.23 bits per heavy atom. The van der Waals surface area contributed by atoms with Gasteiger partial charge in [-0.05, 0) is 54.9 Å². The molecule has 0 saturated carbocycles. The molecule has 4 nitrogen and oxygen atoms in total. The second-order valence-electron chi connectivity index (χ2n) is 8.41. The minimum absolute atomic E-state index is 0.442. The molecule has 0 bridgehead atoms. The Hall–Kier alpha value is -1.88. The lowest BCUT2D eigenvalue weighted by Crippen LogP contribution is -2.26. The van der Waals surface area contributed by atoms with E-state index in [0.717, 1.165) is 49.8 Å². The molecular weight excluding hydrogens is 376 g/mol. The van der Waals surface area contributed by atoms with Crippen LogP contribution in [0.3, 0.4) is 0 Å². The van der Waals surface area contributed by atoms with Gasteiger partial charge in [0.25, 0.3) is 0 Å². The molecule has 30 heavy (non-hydrogen) atoms. The van der Waals surface area contributed by atoms with Crippen LogP contribution in [0.1, 0.15) is 94.6 Å². The number of ether oxygens (including phenoxy) is 1. The SMILES string of the molecule is CCC(O)(CC)CCCCCC(C)c1cccc(OCc2ccc(C(O)O)cc2)c1. The molecule has 0 saturated heterocycles. The Labute approximate surface area is 181 Å². The van der Waals surface area contributed by atoms with Gasteiger partial charge in [0.05, 0.1) is 5.60 Å². The number of hydrogen-bond donors (Lipinski definition) is 3. The summed E-state index contributed by atoms with van der Waals surface area (Å²) in [5, 5.41) is 28.7. The smallest absolute Gasteiger partial charge is 0.178 e. The van der Waals surface area contributed by atoms with Crippen molar-refractivity contribution in [3.63, 3.8) is 0 Å². The van der Waals surface area contributed by atoms with E-state index in [0.29, 0.717) is 18.1 Å². The number of unbranched alkanes of at least 4 members (excludes halogenated alkanes) is 2. The van der Waals surface area contributed by atoms with Gasteiger partial charge >= 0.3 is 0 Å². The van der Waals surface area contributed by atoms with Crippen LogP contribution in [0.4, 0.5) is 0 Å². The van der Waals surface area contributed by atoms with Crippen LogP contribution in [0.5, 0.6) is 5.75 Å². The minimum atomic E-state index is -1.44. The van der Waals surface area contributed by atoms with Crippen LogP contribution in [-0.4, -0.2) is 20.9 Å². The molecule has 0 aromatic heterocycles. The summed E-state index contributed by atoms with van der Waals surface area (Å²) in [6.07, 6.45) is 5.66. The maximum Gasteiger partial charge on any atom is 0.178 e. The Balaban J connectivity index is 1.78. The third-order valence-corrected chi connectivity index (χ3v) is 6.21. The van der Waals surface area contributed by atoms with Crippen molar-refractivity contribution in [3.05, 3.63) is 65.2 Å². The van der Waals surface area contributed by atoms with Gasteiger partial charge in [-0.15, -0.1) is 0 Å². The van der Waals surface area contributed by atoms with Crippen LogP contribution in [-0.2, 0) is 6.61 Å². The van der Waals surface area contributed by atoms with Gasteiger partial charge in [0.15, 0.2) is 6.29 Å². The lowest BCUT2D eigenvalue weighted by molar-refractivity contribution is -0.0425.